The molecule has 142 valence electrons. The number of hydrogen-bond acceptors (Lipinski definition) is 5. The molecule has 0 radical (unpaired) electrons. The first-order chi connectivity index (χ1) is 12.9. The van der Waals surface area contributed by atoms with Gasteiger partial charge in [-0.05, 0) is 43.0 Å². The van der Waals surface area contributed by atoms with Crippen LogP contribution < -0.4 is 5.32 Å². The van der Waals surface area contributed by atoms with Crippen LogP contribution in [0.1, 0.15) is 25.8 Å². The van der Waals surface area contributed by atoms with Crippen LogP contribution in [0.5, 0.6) is 0 Å². The number of aryl methyl sites for hydroxylation is 1. The van der Waals surface area contributed by atoms with Gasteiger partial charge in [0.1, 0.15) is 0 Å². The lowest BCUT2D eigenvalue weighted by Crippen LogP contribution is -2.09. The molecule has 0 spiro atoms. The molecule has 1 heterocycles. The third-order valence-electron chi connectivity index (χ3n) is 4.29. The highest BCUT2D eigenvalue weighted by molar-refractivity contribution is 7.91. The highest BCUT2D eigenvalue weighted by Crippen LogP contribution is 2.33. The molecule has 0 atom stereocenters. The summed E-state index contributed by atoms with van der Waals surface area (Å²) in [6.07, 6.45) is 0.894. The predicted molar refractivity (Wildman–Crippen MR) is 107 cm³/mol. The number of rotatable bonds is 7. The lowest BCUT2D eigenvalue weighted by atomic mass is 10.1. The van der Waals surface area contributed by atoms with Crippen LogP contribution in [0.2, 0.25) is 0 Å². The highest BCUT2D eigenvalue weighted by Gasteiger charge is 2.28. The number of benzene rings is 2. The number of anilines is 1. The zero-order valence-corrected chi connectivity index (χ0v) is 16.6. The molecule has 3 aromatic rings. The summed E-state index contributed by atoms with van der Waals surface area (Å²) in [5, 5.41) is 3.05. The van der Waals surface area contributed by atoms with E-state index in [0.29, 0.717) is 18.4 Å². The maximum Gasteiger partial charge on any atom is 0.233 e. The third kappa shape index (κ3) is 4.22. The number of sulfone groups is 1. The Bertz CT molecular complexity index is 1010. The maximum absolute atomic E-state index is 13.1. The van der Waals surface area contributed by atoms with Gasteiger partial charge in [-0.2, -0.15) is 4.98 Å². The summed E-state index contributed by atoms with van der Waals surface area (Å²) in [6, 6.07) is 15.9. The van der Waals surface area contributed by atoms with Crippen molar-refractivity contribution in [3.63, 3.8) is 0 Å². The molecule has 0 amide bonds. The van der Waals surface area contributed by atoms with Crippen LogP contribution in [0.15, 0.2) is 68.9 Å². The van der Waals surface area contributed by atoms with E-state index in [0.717, 1.165) is 17.5 Å². The molecule has 3 rings (SSSR count). The van der Waals surface area contributed by atoms with Crippen LogP contribution in [-0.4, -0.2) is 19.9 Å². The Kier molecular flexibility index (Phi) is 5.65. The minimum atomic E-state index is -3.79. The lowest BCUT2D eigenvalue weighted by Gasteiger charge is -2.07. The molecule has 27 heavy (non-hydrogen) atoms. The van der Waals surface area contributed by atoms with Crippen molar-refractivity contribution >= 4 is 15.7 Å². The van der Waals surface area contributed by atoms with Gasteiger partial charge in [-0.15, -0.1) is 0 Å². The van der Waals surface area contributed by atoms with Crippen molar-refractivity contribution in [1.29, 1.82) is 0 Å². The van der Waals surface area contributed by atoms with Gasteiger partial charge in [-0.1, -0.05) is 50.2 Å². The van der Waals surface area contributed by atoms with Gasteiger partial charge in [-0.3, -0.25) is 0 Å². The van der Waals surface area contributed by atoms with Crippen molar-refractivity contribution in [3.05, 3.63) is 60.2 Å². The Morgan fingerprint density at radius 3 is 2.37 bits per heavy atom. The molecular weight excluding hydrogens is 360 g/mol. The molecule has 1 N–H and O–H groups in total. The summed E-state index contributed by atoms with van der Waals surface area (Å²) in [5.74, 6) is 0.984. The first-order valence-electron chi connectivity index (χ1n) is 9.00. The normalized spacial score (nSPS) is 11.7. The fourth-order valence-corrected chi connectivity index (χ4v) is 4.01. The van der Waals surface area contributed by atoms with Crippen molar-refractivity contribution in [3.8, 4) is 11.5 Å². The molecule has 1 aromatic heterocycles. The van der Waals surface area contributed by atoms with E-state index < -0.39 is 9.84 Å². The van der Waals surface area contributed by atoms with Crippen LogP contribution in [0.3, 0.4) is 0 Å². The minimum absolute atomic E-state index is 0.0734. The van der Waals surface area contributed by atoms with Gasteiger partial charge in [0.25, 0.3) is 0 Å². The van der Waals surface area contributed by atoms with E-state index in [4.69, 9.17) is 4.42 Å². The van der Waals surface area contributed by atoms with E-state index in [-0.39, 0.29) is 15.8 Å². The average molecular weight is 385 g/mol. The van der Waals surface area contributed by atoms with Gasteiger partial charge in [0.2, 0.25) is 26.6 Å². The molecule has 0 aliphatic rings. The van der Waals surface area contributed by atoms with Crippen molar-refractivity contribution in [1.82, 2.24) is 4.98 Å². The fourth-order valence-electron chi connectivity index (χ4n) is 2.71. The first kappa shape index (κ1) is 19.2. The molecule has 0 aliphatic heterocycles. The van der Waals surface area contributed by atoms with Gasteiger partial charge < -0.3 is 9.73 Å². The number of hydrogen-bond donors (Lipinski definition) is 1. The Labute approximate surface area is 160 Å². The molecule has 0 unspecified atom stereocenters. The van der Waals surface area contributed by atoms with E-state index in [1.165, 1.54) is 0 Å². The van der Waals surface area contributed by atoms with Gasteiger partial charge in [-0.25, -0.2) is 8.42 Å². The molecule has 0 aliphatic carbocycles. The minimum Gasteiger partial charge on any atom is -0.419 e. The Hall–Kier alpha value is -2.60. The monoisotopic (exact) mass is 384 g/mol. The van der Waals surface area contributed by atoms with Crippen molar-refractivity contribution in [2.75, 3.05) is 11.9 Å². The fraction of sp³-hybridized carbons (Fsp3) is 0.286. The highest BCUT2D eigenvalue weighted by atomic mass is 32.2. The predicted octanol–water partition coefficient (Wildman–Crippen LogP) is 4.94. The number of nitrogens with zero attached hydrogens (tertiary/aromatic N) is 1. The standard InChI is InChI=1S/C21H24N2O3S/c1-15(2)13-14-22-20-21(27(24,25)17-10-5-4-6-11-17)23-19(26-20)18-12-8-7-9-16(18)3/h4-12,15,22H,13-14H2,1-3H3. The van der Waals surface area contributed by atoms with E-state index >= 15 is 0 Å². The average Bonchev–Trinajstić information content (AvgIpc) is 3.07. The Balaban J connectivity index is 2.07. The van der Waals surface area contributed by atoms with Gasteiger partial charge in [0.05, 0.1) is 4.90 Å². The van der Waals surface area contributed by atoms with Crippen LogP contribution in [0, 0.1) is 12.8 Å². The third-order valence-corrected chi connectivity index (χ3v) is 5.97. The first-order valence-corrected chi connectivity index (χ1v) is 10.5. The lowest BCUT2D eigenvalue weighted by molar-refractivity contribution is 0.562. The zero-order valence-electron chi connectivity index (χ0n) is 15.8. The number of nitrogens with one attached hydrogen (secondary N) is 1. The summed E-state index contributed by atoms with van der Waals surface area (Å²) in [6.45, 7) is 6.78. The molecular formula is C21H24N2O3S. The van der Waals surface area contributed by atoms with Crippen LogP contribution in [0.25, 0.3) is 11.5 Å². The van der Waals surface area contributed by atoms with Crippen molar-refractivity contribution in [2.24, 2.45) is 5.92 Å². The molecule has 5 nitrogen and oxygen atoms in total. The summed E-state index contributed by atoms with van der Waals surface area (Å²) in [7, 11) is -3.79. The molecule has 0 bridgehead atoms. The van der Waals surface area contributed by atoms with E-state index in [2.05, 4.69) is 24.1 Å². The Morgan fingerprint density at radius 2 is 1.70 bits per heavy atom. The van der Waals surface area contributed by atoms with E-state index in [1.54, 1.807) is 30.3 Å². The largest absolute Gasteiger partial charge is 0.419 e. The molecule has 2 aromatic carbocycles. The topological polar surface area (TPSA) is 72.2 Å². The summed E-state index contributed by atoms with van der Waals surface area (Å²) >= 11 is 0. The van der Waals surface area contributed by atoms with Gasteiger partial charge >= 0.3 is 0 Å². The SMILES string of the molecule is Cc1ccccc1-c1nc(S(=O)(=O)c2ccccc2)c(NCCC(C)C)o1. The number of aromatic nitrogens is 1. The second-order valence-corrected chi connectivity index (χ2v) is 8.76. The van der Waals surface area contributed by atoms with Gasteiger partial charge in [0, 0.05) is 12.1 Å². The molecule has 0 saturated carbocycles. The second kappa shape index (κ2) is 7.96. The zero-order chi connectivity index (χ0) is 19.4. The summed E-state index contributed by atoms with van der Waals surface area (Å²) in [5.41, 5.74) is 1.75. The van der Waals surface area contributed by atoms with E-state index in [1.807, 2.05) is 31.2 Å². The Morgan fingerprint density at radius 1 is 1.04 bits per heavy atom. The second-order valence-electron chi connectivity index (χ2n) is 6.89. The van der Waals surface area contributed by atoms with Crippen LogP contribution in [-0.2, 0) is 9.84 Å². The van der Waals surface area contributed by atoms with Crippen molar-refractivity contribution in [2.45, 2.75) is 37.1 Å². The number of oxazole rings is 1. The van der Waals surface area contributed by atoms with Crippen LogP contribution in [0.4, 0.5) is 5.88 Å². The van der Waals surface area contributed by atoms with Crippen molar-refractivity contribution < 1.29 is 12.8 Å². The molecule has 0 fully saturated rings. The quantitative estimate of drug-likeness (QED) is 0.624. The smallest absolute Gasteiger partial charge is 0.233 e. The van der Waals surface area contributed by atoms with E-state index in [9.17, 15) is 8.42 Å². The molecule has 6 heteroatoms. The maximum atomic E-state index is 13.1. The summed E-state index contributed by atoms with van der Waals surface area (Å²) in [4.78, 5) is 4.57. The summed E-state index contributed by atoms with van der Waals surface area (Å²) < 4.78 is 32.1. The molecule has 0 saturated heterocycles. The van der Waals surface area contributed by atoms with Crippen LogP contribution >= 0.6 is 0 Å². The van der Waals surface area contributed by atoms with Gasteiger partial charge in [0.15, 0.2) is 0 Å².